The summed E-state index contributed by atoms with van der Waals surface area (Å²) in [5.41, 5.74) is 5.83. The van der Waals surface area contributed by atoms with Crippen LogP contribution in [0.5, 0.6) is 0 Å². The van der Waals surface area contributed by atoms with Crippen molar-refractivity contribution in [1.29, 1.82) is 0 Å². The lowest BCUT2D eigenvalue weighted by molar-refractivity contribution is 0.245. The van der Waals surface area contributed by atoms with Crippen LogP contribution in [0.3, 0.4) is 0 Å². The molecule has 0 saturated carbocycles. The van der Waals surface area contributed by atoms with E-state index < -0.39 is 0 Å². The van der Waals surface area contributed by atoms with Crippen molar-refractivity contribution in [3.8, 4) is 0 Å². The van der Waals surface area contributed by atoms with Crippen LogP contribution in [0.25, 0.3) is 10.9 Å². The number of rotatable bonds is 4. The normalized spacial score (nSPS) is 14.0. The van der Waals surface area contributed by atoms with E-state index >= 15 is 0 Å². The summed E-state index contributed by atoms with van der Waals surface area (Å²) in [6.45, 7) is 2.81. The van der Waals surface area contributed by atoms with Crippen LogP contribution < -0.4 is 5.32 Å². The summed E-state index contributed by atoms with van der Waals surface area (Å²) in [6, 6.07) is 20.5. The molecule has 0 bridgehead atoms. The highest BCUT2D eigenvalue weighted by molar-refractivity contribution is 6.30. The van der Waals surface area contributed by atoms with Crippen molar-refractivity contribution in [2.24, 2.45) is 0 Å². The number of pyridine rings is 2. The highest BCUT2D eigenvalue weighted by Crippen LogP contribution is 2.28. The molecular formula is C24H21ClN4. The maximum Gasteiger partial charge on any atom is 0.133 e. The number of halogens is 1. The fourth-order valence-corrected chi connectivity index (χ4v) is 4.17. The van der Waals surface area contributed by atoms with E-state index in [2.05, 4.69) is 44.5 Å². The monoisotopic (exact) mass is 400 g/mol. The molecule has 0 amide bonds. The Labute approximate surface area is 175 Å². The van der Waals surface area contributed by atoms with E-state index in [4.69, 9.17) is 11.6 Å². The van der Waals surface area contributed by atoms with E-state index in [1.165, 1.54) is 16.7 Å². The van der Waals surface area contributed by atoms with Gasteiger partial charge in [-0.1, -0.05) is 41.9 Å². The third-order valence-electron chi connectivity index (χ3n) is 5.37. The van der Waals surface area contributed by atoms with Gasteiger partial charge in [-0.15, -0.1) is 0 Å². The number of anilines is 2. The standard InChI is InChI=1S/C24H21ClN4/c25-20-6-3-4-17(12-20)15-29-11-9-22-19(16-29)8-10-26-24(22)28-21-13-18-5-1-2-7-23(18)27-14-21/h1-8,10,12-14H,9,11,15-16H2,(H,26,28). The third kappa shape index (κ3) is 3.95. The Kier molecular flexibility index (Phi) is 4.88. The second-order valence-corrected chi connectivity index (χ2v) is 7.87. The van der Waals surface area contributed by atoms with Gasteiger partial charge >= 0.3 is 0 Å². The van der Waals surface area contributed by atoms with Crippen LogP contribution in [-0.2, 0) is 19.5 Å². The fraction of sp³-hybridized carbons (Fsp3) is 0.167. The zero-order valence-corrected chi connectivity index (χ0v) is 16.7. The largest absolute Gasteiger partial charge is 0.339 e. The van der Waals surface area contributed by atoms with Crippen LogP contribution >= 0.6 is 11.6 Å². The maximum absolute atomic E-state index is 6.14. The average molecular weight is 401 g/mol. The summed E-state index contributed by atoms with van der Waals surface area (Å²) >= 11 is 6.14. The van der Waals surface area contributed by atoms with Crippen LogP contribution in [0.15, 0.2) is 73.1 Å². The first-order valence-corrected chi connectivity index (χ1v) is 10.2. The molecule has 2 aromatic carbocycles. The quantitative estimate of drug-likeness (QED) is 0.485. The third-order valence-corrected chi connectivity index (χ3v) is 5.61. The lowest BCUT2D eigenvalue weighted by atomic mass is 10.00. The molecule has 3 heterocycles. The first-order valence-electron chi connectivity index (χ1n) is 9.80. The summed E-state index contributed by atoms with van der Waals surface area (Å²) < 4.78 is 0. The molecule has 0 fully saturated rings. The van der Waals surface area contributed by atoms with E-state index in [0.29, 0.717) is 0 Å². The van der Waals surface area contributed by atoms with Crippen LogP contribution in [0.2, 0.25) is 5.02 Å². The number of para-hydroxylation sites is 1. The summed E-state index contributed by atoms with van der Waals surface area (Å²) in [6.07, 6.45) is 4.73. The minimum atomic E-state index is 0.791. The molecule has 2 aromatic heterocycles. The highest BCUT2D eigenvalue weighted by atomic mass is 35.5. The molecule has 4 nitrogen and oxygen atoms in total. The second-order valence-electron chi connectivity index (χ2n) is 7.43. The SMILES string of the molecule is Clc1cccc(CN2CCc3c(ccnc3Nc3cnc4ccccc4c3)C2)c1. The van der Waals surface area contributed by atoms with E-state index in [-0.39, 0.29) is 0 Å². The van der Waals surface area contributed by atoms with Crippen LogP contribution in [0, 0.1) is 0 Å². The lowest BCUT2D eigenvalue weighted by Crippen LogP contribution is -2.30. The van der Waals surface area contributed by atoms with Gasteiger partial charge in [0.2, 0.25) is 0 Å². The van der Waals surface area contributed by atoms with Gasteiger partial charge in [0.05, 0.1) is 17.4 Å². The number of nitrogens with zero attached hydrogens (tertiary/aromatic N) is 3. The number of nitrogens with one attached hydrogen (secondary N) is 1. The Bertz CT molecular complexity index is 1170. The van der Waals surface area contributed by atoms with Crippen molar-refractivity contribution in [2.45, 2.75) is 19.5 Å². The summed E-state index contributed by atoms with van der Waals surface area (Å²) in [4.78, 5) is 11.6. The molecular weight excluding hydrogens is 380 g/mol. The van der Waals surface area contributed by atoms with E-state index in [9.17, 15) is 0 Å². The molecule has 4 aromatic rings. The van der Waals surface area contributed by atoms with E-state index in [1.54, 1.807) is 0 Å². The Morgan fingerprint density at radius 2 is 1.93 bits per heavy atom. The Balaban J connectivity index is 1.36. The van der Waals surface area contributed by atoms with E-state index in [1.807, 2.05) is 48.8 Å². The highest BCUT2D eigenvalue weighted by Gasteiger charge is 2.20. The minimum absolute atomic E-state index is 0.791. The molecule has 0 radical (unpaired) electrons. The molecule has 0 spiro atoms. The molecule has 5 heteroatoms. The number of fused-ring (bicyclic) bond motifs is 2. The number of hydrogen-bond donors (Lipinski definition) is 1. The molecule has 5 rings (SSSR count). The van der Waals surface area contributed by atoms with Gasteiger partial charge in [0, 0.05) is 41.8 Å². The van der Waals surface area contributed by atoms with Gasteiger partial charge in [-0.25, -0.2) is 4.98 Å². The van der Waals surface area contributed by atoms with Crippen molar-refractivity contribution in [2.75, 3.05) is 11.9 Å². The molecule has 1 aliphatic heterocycles. The van der Waals surface area contributed by atoms with Gasteiger partial charge in [-0.05, 0) is 47.9 Å². The van der Waals surface area contributed by atoms with Crippen molar-refractivity contribution in [3.63, 3.8) is 0 Å². The smallest absolute Gasteiger partial charge is 0.133 e. The van der Waals surface area contributed by atoms with Crippen LogP contribution in [0.4, 0.5) is 11.5 Å². The van der Waals surface area contributed by atoms with Gasteiger partial charge in [0.15, 0.2) is 0 Å². The summed E-state index contributed by atoms with van der Waals surface area (Å²) in [5, 5.41) is 5.40. The first kappa shape index (κ1) is 18.1. The topological polar surface area (TPSA) is 41.1 Å². The number of aromatic nitrogens is 2. The second kappa shape index (κ2) is 7.82. The lowest BCUT2D eigenvalue weighted by Gasteiger charge is -2.29. The van der Waals surface area contributed by atoms with Crippen molar-refractivity contribution < 1.29 is 0 Å². The molecule has 144 valence electrons. The fourth-order valence-electron chi connectivity index (χ4n) is 3.96. The summed E-state index contributed by atoms with van der Waals surface area (Å²) in [7, 11) is 0. The van der Waals surface area contributed by atoms with Gasteiger partial charge < -0.3 is 5.32 Å². The molecule has 0 unspecified atom stereocenters. The van der Waals surface area contributed by atoms with Gasteiger partial charge in [0.25, 0.3) is 0 Å². The predicted molar refractivity (Wildman–Crippen MR) is 119 cm³/mol. The van der Waals surface area contributed by atoms with Crippen molar-refractivity contribution in [1.82, 2.24) is 14.9 Å². The van der Waals surface area contributed by atoms with Crippen molar-refractivity contribution in [3.05, 3.63) is 94.8 Å². The molecule has 1 aliphatic rings. The molecule has 0 aliphatic carbocycles. The molecule has 0 atom stereocenters. The molecule has 29 heavy (non-hydrogen) atoms. The zero-order chi connectivity index (χ0) is 19.6. The van der Waals surface area contributed by atoms with E-state index in [0.717, 1.165) is 53.5 Å². The Morgan fingerprint density at radius 3 is 2.86 bits per heavy atom. The van der Waals surface area contributed by atoms with Crippen LogP contribution in [0.1, 0.15) is 16.7 Å². The van der Waals surface area contributed by atoms with Gasteiger partial charge in [-0.2, -0.15) is 0 Å². The minimum Gasteiger partial charge on any atom is -0.339 e. The van der Waals surface area contributed by atoms with Crippen molar-refractivity contribution >= 4 is 34.0 Å². The molecule has 1 N–H and O–H groups in total. The number of benzene rings is 2. The zero-order valence-electron chi connectivity index (χ0n) is 16.0. The Hall–Kier alpha value is -2.95. The van der Waals surface area contributed by atoms with Gasteiger partial charge in [-0.3, -0.25) is 9.88 Å². The number of hydrogen-bond acceptors (Lipinski definition) is 4. The van der Waals surface area contributed by atoms with Gasteiger partial charge in [0.1, 0.15) is 5.82 Å². The average Bonchev–Trinajstić information content (AvgIpc) is 2.74. The molecule has 0 saturated heterocycles. The predicted octanol–water partition coefficient (Wildman–Crippen LogP) is 5.59. The van der Waals surface area contributed by atoms with Crippen LogP contribution in [-0.4, -0.2) is 21.4 Å². The Morgan fingerprint density at radius 1 is 1.00 bits per heavy atom. The summed E-state index contributed by atoms with van der Waals surface area (Å²) in [5.74, 6) is 0.932. The first-order chi connectivity index (χ1) is 14.2. The maximum atomic E-state index is 6.14.